The highest BCUT2D eigenvalue weighted by atomic mass is 35.5. The van der Waals surface area contributed by atoms with Crippen LogP contribution in [0.15, 0.2) is 328 Å². The van der Waals surface area contributed by atoms with Crippen LogP contribution in [0.1, 0.15) is 49.9 Å². The molecule has 0 saturated carbocycles. The van der Waals surface area contributed by atoms with Gasteiger partial charge in [-0.05, 0) is 154 Å². The largest absolute Gasteiger partial charge is 0.489 e. The third-order valence-corrected chi connectivity index (χ3v) is 23.8. The van der Waals surface area contributed by atoms with E-state index in [0.717, 1.165) is 60.2 Å². The molecule has 0 bridgehead atoms. The fourth-order valence-corrected chi connectivity index (χ4v) is 18.2. The van der Waals surface area contributed by atoms with Gasteiger partial charge in [-0.2, -0.15) is 9.97 Å². The van der Waals surface area contributed by atoms with Crippen LogP contribution in [0.25, 0.3) is 164 Å². The van der Waals surface area contributed by atoms with Gasteiger partial charge in [0.15, 0.2) is 29.1 Å². The number of thiophene rings is 2. The SMILES string of the molecule is CC1(C)c2ccccc2-c2ccc(-c3nc(-c4cccc(-c5ccc(-c6ccccc6)cc5)c4)nc(-c4cccc5c4sc4ccccc45)n3)cc21.CC1(C)c2ccccc2-c2ccc(-c3nc(Cl)nc(-c4cccc(-c5ccc(-c6ccccc6)cc5)c4)n3)cc21.OB(O)c1cccc2c1sc1ccccc12. The van der Waals surface area contributed by atoms with Gasteiger partial charge in [-0.3, -0.25) is 0 Å². The Hall–Kier alpha value is -12.2. The van der Waals surface area contributed by atoms with Gasteiger partial charge in [0, 0.05) is 73.6 Å². The number of hydrogen-bond donors (Lipinski definition) is 2. The third-order valence-electron chi connectivity index (χ3n) is 21.2. The summed E-state index contributed by atoms with van der Waals surface area (Å²) in [5.41, 5.74) is 24.8. The molecule has 8 nitrogen and oxygen atoms in total. The van der Waals surface area contributed by atoms with Gasteiger partial charge in [0.2, 0.25) is 5.28 Å². The number of aromatic nitrogens is 6. The van der Waals surface area contributed by atoms with Crippen molar-refractivity contribution < 1.29 is 10.0 Å². The average molecular weight is 1450 g/mol. The molecule has 0 atom stereocenters. The van der Waals surface area contributed by atoms with E-state index < -0.39 is 7.12 Å². The van der Waals surface area contributed by atoms with Crippen LogP contribution in [0.2, 0.25) is 5.28 Å². The van der Waals surface area contributed by atoms with Gasteiger partial charge in [-0.15, -0.1) is 22.7 Å². The first-order valence-corrected chi connectivity index (χ1v) is 38.1. The van der Waals surface area contributed by atoms with Crippen molar-refractivity contribution in [2.24, 2.45) is 0 Å². The van der Waals surface area contributed by atoms with Crippen molar-refractivity contribution in [3.8, 4) is 124 Å². The molecule has 4 aromatic heterocycles. The Morgan fingerprint density at radius 2 is 0.574 bits per heavy atom. The molecule has 2 N–H and O–H groups in total. The zero-order valence-corrected chi connectivity index (χ0v) is 61.9. The van der Waals surface area contributed by atoms with Gasteiger partial charge in [-0.1, -0.05) is 313 Å². The molecule has 20 rings (SSSR count). The molecule has 0 saturated heterocycles. The van der Waals surface area contributed by atoms with Crippen LogP contribution in [-0.2, 0) is 10.8 Å². The first-order chi connectivity index (χ1) is 52.7. The van der Waals surface area contributed by atoms with Crippen LogP contribution in [0.4, 0.5) is 0 Å². The van der Waals surface area contributed by atoms with Crippen LogP contribution in [0.5, 0.6) is 0 Å². The summed E-state index contributed by atoms with van der Waals surface area (Å²) in [7, 11) is -1.41. The summed E-state index contributed by atoms with van der Waals surface area (Å²) in [6.07, 6.45) is 0. The first-order valence-electron chi connectivity index (χ1n) is 36.1. The third kappa shape index (κ3) is 12.5. The van der Waals surface area contributed by atoms with Crippen LogP contribution in [0.3, 0.4) is 0 Å². The summed E-state index contributed by atoms with van der Waals surface area (Å²) in [6, 6.07) is 114. The lowest BCUT2D eigenvalue weighted by Gasteiger charge is -2.21. The quantitative estimate of drug-likeness (QED) is 0.130. The highest BCUT2D eigenvalue weighted by molar-refractivity contribution is 7.27. The number of hydrogen-bond acceptors (Lipinski definition) is 10. The second kappa shape index (κ2) is 27.9. The van der Waals surface area contributed by atoms with Gasteiger partial charge >= 0.3 is 7.12 Å². The molecule has 14 aromatic carbocycles. The molecular formula is C96H68BClN6O2S2. The number of rotatable bonds is 10. The van der Waals surface area contributed by atoms with Crippen LogP contribution in [-0.4, -0.2) is 47.1 Å². The number of halogens is 1. The number of benzene rings is 14. The fourth-order valence-electron chi connectivity index (χ4n) is 15.6. The van der Waals surface area contributed by atoms with E-state index in [1.54, 1.807) is 28.7 Å². The van der Waals surface area contributed by atoms with E-state index >= 15 is 0 Å². The average Bonchev–Trinajstić information content (AvgIpc) is 1.58. The van der Waals surface area contributed by atoms with E-state index in [1.807, 2.05) is 48.5 Å². The maximum absolute atomic E-state index is 9.31. The molecule has 18 aromatic rings. The predicted molar refractivity (Wildman–Crippen MR) is 451 cm³/mol. The van der Waals surface area contributed by atoms with Gasteiger partial charge in [0.1, 0.15) is 0 Å². The Morgan fingerprint density at radius 1 is 0.259 bits per heavy atom. The standard InChI is InChI=1S/C48H33N3S.C36H26ClN3.C12H9BO2S/c1-48(2)41-20-8-6-16-36(41)37-27-26-35(29-42(37)48)46-49-45(50-47(51-46)40-19-11-18-39-38-17-7-9-21-43(38)52-44(39)40)34-15-10-14-33(28-34)32-24-22-31(23-25-32)30-12-4-3-5-13-30;1-36(2)31-14-7-6-13-29(31)30-20-19-28(22-32(30)36)34-38-33(39-35(37)40-34)27-12-8-11-26(21-27)25-17-15-24(16-18-25)23-9-4-3-5-10-23;14-13(15)10-6-3-5-9-8-4-1-2-7-11(8)16-12(9)10/h3-29H,1-2H3;3-22H,1-2H3;1-7,14-15H. The highest BCUT2D eigenvalue weighted by Gasteiger charge is 2.37. The van der Waals surface area contributed by atoms with Crippen molar-refractivity contribution in [2.45, 2.75) is 38.5 Å². The van der Waals surface area contributed by atoms with Crippen molar-refractivity contribution in [3.63, 3.8) is 0 Å². The summed E-state index contributed by atoms with van der Waals surface area (Å²) in [4.78, 5) is 29.6. The lowest BCUT2D eigenvalue weighted by Crippen LogP contribution is -2.29. The minimum atomic E-state index is -1.41. The van der Waals surface area contributed by atoms with Gasteiger partial charge < -0.3 is 10.0 Å². The van der Waals surface area contributed by atoms with Crippen LogP contribution >= 0.6 is 34.3 Å². The molecule has 0 amide bonds. The molecule has 0 unspecified atom stereocenters. The maximum atomic E-state index is 9.31. The minimum absolute atomic E-state index is 0.105. The monoisotopic (exact) mass is 1450 g/mol. The van der Waals surface area contributed by atoms with E-state index in [0.29, 0.717) is 34.6 Å². The fraction of sp³-hybridized carbons (Fsp3) is 0.0625. The van der Waals surface area contributed by atoms with E-state index in [4.69, 9.17) is 31.5 Å². The van der Waals surface area contributed by atoms with E-state index in [1.165, 1.54) is 97.0 Å². The smallest absolute Gasteiger partial charge is 0.423 e. The Morgan fingerprint density at radius 3 is 1.06 bits per heavy atom. The number of fused-ring (bicyclic) bond motifs is 12. The summed E-state index contributed by atoms with van der Waals surface area (Å²) >= 11 is 9.86. The van der Waals surface area contributed by atoms with E-state index in [9.17, 15) is 10.0 Å². The highest BCUT2D eigenvalue weighted by Crippen LogP contribution is 2.52. The summed E-state index contributed by atoms with van der Waals surface area (Å²) in [5, 5.41) is 23.5. The van der Waals surface area contributed by atoms with Gasteiger partial charge in [-0.25, -0.2) is 19.9 Å². The maximum Gasteiger partial charge on any atom is 0.489 e. The molecule has 0 aliphatic heterocycles. The zero-order chi connectivity index (χ0) is 73.2. The minimum Gasteiger partial charge on any atom is -0.423 e. The molecule has 4 heterocycles. The Bertz CT molecular complexity index is 6500. The van der Waals surface area contributed by atoms with E-state index in [-0.39, 0.29) is 16.1 Å². The van der Waals surface area contributed by atoms with Crippen molar-refractivity contribution in [1.29, 1.82) is 0 Å². The summed E-state index contributed by atoms with van der Waals surface area (Å²) in [6.45, 7) is 9.16. The Labute approximate surface area is 639 Å². The predicted octanol–water partition coefficient (Wildman–Crippen LogP) is 24.1. The topological polar surface area (TPSA) is 118 Å². The second-order valence-electron chi connectivity index (χ2n) is 28.4. The summed E-state index contributed by atoms with van der Waals surface area (Å²) in [5.74, 6) is 3.13. The Balaban J connectivity index is 0.000000129. The van der Waals surface area contributed by atoms with Gasteiger partial charge in [0.25, 0.3) is 0 Å². The normalized spacial score (nSPS) is 12.7. The molecule has 108 heavy (non-hydrogen) atoms. The Kier molecular flexibility index (Phi) is 17.5. The van der Waals surface area contributed by atoms with E-state index in [2.05, 4.69) is 311 Å². The van der Waals surface area contributed by atoms with Crippen LogP contribution < -0.4 is 5.46 Å². The molecule has 0 fully saturated rings. The molecular weight excluding hydrogens is 1380 g/mol. The molecule has 2 aliphatic rings. The van der Waals surface area contributed by atoms with Crippen molar-refractivity contribution in [3.05, 3.63) is 355 Å². The second-order valence-corrected chi connectivity index (χ2v) is 30.9. The molecule has 0 radical (unpaired) electrons. The van der Waals surface area contributed by atoms with Crippen molar-refractivity contribution in [2.75, 3.05) is 0 Å². The summed E-state index contributed by atoms with van der Waals surface area (Å²) < 4.78 is 4.57. The van der Waals surface area contributed by atoms with Crippen molar-refractivity contribution in [1.82, 2.24) is 29.9 Å². The molecule has 2 aliphatic carbocycles. The molecule has 516 valence electrons. The molecule has 0 spiro atoms. The lowest BCUT2D eigenvalue weighted by atomic mass is 9.80. The number of nitrogens with zero attached hydrogens (tertiary/aromatic N) is 6. The van der Waals surface area contributed by atoms with Crippen LogP contribution in [0, 0.1) is 0 Å². The zero-order valence-electron chi connectivity index (χ0n) is 59.5. The molecule has 12 heteroatoms. The first kappa shape index (κ1) is 67.7. The van der Waals surface area contributed by atoms with Crippen molar-refractivity contribution >= 4 is 87.2 Å². The van der Waals surface area contributed by atoms with Gasteiger partial charge in [0.05, 0.1) is 0 Å². The lowest BCUT2D eigenvalue weighted by molar-refractivity contribution is 0.426.